The van der Waals surface area contributed by atoms with Crippen LogP contribution in [-0.4, -0.2) is 35.1 Å². The highest BCUT2D eigenvalue weighted by molar-refractivity contribution is 4.81. The van der Waals surface area contributed by atoms with Crippen LogP contribution in [0.1, 0.15) is 19.8 Å². The zero-order valence-electron chi connectivity index (χ0n) is 6.21. The van der Waals surface area contributed by atoms with Crippen LogP contribution >= 0.6 is 0 Å². The molecule has 1 aliphatic heterocycles. The quantitative estimate of drug-likeness (QED) is 0.543. The monoisotopic (exact) mass is 146 g/mol. The van der Waals surface area contributed by atoms with Crippen molar-refractivity contribution in [3.63, 3.8) is 0 Å². The van der Waals surface area contributed by atoms with Gasteiger partial charge in [0.05, 0.1) is 18.3 Å². The highest BCUT2D eigenvalue weighted by Gasteiger charge is 2.31. The predicted molar refractivity (Wildman–Crippen MR) is 36.7 cm³/mol. The Hall–Kier alpha value is -0.120. The molecule has 0 aromatic rings. The van der Waals surface area contributed by atoms with Gasteiger partial charge >= 0.3 is 0 Å². The lowest BCUT2D eigenvalue weighted by Gasteiger charge is -2.34. The summed E-state index contributed by atoms with van der Waals surface area (Å²) in [5.74, 6) is 0. The largest absolute Gasteiger partial charge is 0.393 e. The number of aliphatic hydroxyl groups excluding tert-OH is 2. The molecule has 2 atom stereocenters. The van der Waals surface area contributed by atoms with Gasteiger partial charge in [-0.1, -0.05) is 0 Å². The lowest BCUT2D eigenvalue weighted by molar-refractivity contribution is -0.129. The molecule has 1 heterocycles. The average Bonchev–Trinajstić information content (AvgIpc) is 1.88. The molecule has 1 fully saturated rings. The van der Waals surface area contributed by atoms with E-state index in [9.17, 15) is 5.11 Å². The van der Waals surface area contributed by atoms with E-state index < -0.39 is 5.60 Å². The Morgan fingerprint density at radius 2 is 2.40 bits per heavy atom. The van der Waals surface area contributed by atoms with E-state index in [0.717, 1.165) is 0 Å². The van der Waals surface area contributed by atoms with E-state index in [4.69, 9.17) is 9.84 Å². The molecule has 60 valence electrons. The second kappa shape index (κ2) is 2.86. The molecule has 1 aliphatic rings. The molecular formula is C7H14O3. The Morgan fingerprint density at radius 1 is 1.70 bits per heavy atom. The van der Waals surface area contributed by atoms with Crippen molar-refractivity contribution >= 4 is 0 Å². The molecule has 1 rings (SSSR count). The van der Waals surface area contributed by atoms with Crippen molar-refractivity contribution in [1.29, 1.82) is 0 Å². The molecule has 3 heteroatoms. The fourth-order valence-corrected chi connectivity index (χ4v) is 1.21. The van der Waals surface area contributed by atoms with Crippen LogP contribution < -0.4 is 0 Å². The van der Waals surface area contributed by atoms with Crippen molar-refractivity contribution in [1.82, 2.24) is 0 Å². The van der Waals surface area contributed by atoms with E-state index in [1.54, 1.807) is 0 Å². The third kappa shape index (κ3) is 1.68. The second-order valence-corrected chi connectivity index (χ2v) is 3.10. The maximum absolute atomic E-state index is 9.18. The van der Waals surface area contributed by atoms with Crippen molar-refractivity contribution in [3.8, 4) is 0 Å². The molecule has 3 nitrogen and oxygen atoms in total. The van der Waals surface area contributed by atoms with Crippen molar-refractivity contribution in [2.75, 3.05) is 13.2 Å². The van der Waals surface area contributed by atoms with Gasteiger partial charge in [-0.15, -0.1) is 0 Å². The van der Waals surface area contributed by atoms with Gasteiger partial charge in [0, 0.05) is 13.0 Å². The number of hydrogen-bond donors (Lipinski definition) is 2. The molecule has 1 saturated heterocycles. The first-order valence-electron chi connectivity index (χ1n) is 3.59. The molecule has 2 N–H and O–H groups in total. The molecule has 0 spiro atoms. The van der Waals surface area contributed by atoms with Gasteiger partial charge in [0.2, 0.25) is 0 Å². The van der Waals surface area contributed by atoms with Gasteiger partial charge in [-0.3, -0.25) is 0 Å². The van der Waals surface area contributed by atoms with Crippen molar-refractivity contribution in [2.45, 2.75) is 31.5 Å². The topological polar surface area (TPSA) is 49.7 Å². The van der Waals surface area contributed by atoms with Gasteiger partial charge < -0.3 is 14.9 Å². The summed E-state index contributed by atoms with van der Waals surface area (Å²) < 4.78 is 5.28. The van der Waals surface area contributed by atoms with E-state index in [1.807, 2.05) is 6.92 Å². The number of hydrogen-bond acceptors (Lipinski definition) is 3. The van der Waals surface area contributed by atoms with Crippen LogP contribution in [0.4, 0.5) is 0 Å². The predicted octanol–water partition coefficient (Wildman–Crippen LogP) is -0.0913. The summed E-state index contributed by atoms with van der Waals surface area (Å²) in [6.45, 7) is 2.36. The minimum absolute atomic E-state index is 0.00986. The standard InChI is InChI=1S/C7H14O3/c1-7(5-8)4-6(9)2-3-10-7/h6,8-9H,2-5H2,1H3/t6-,7?/m1/s1. The Balaban J connectivity index is 2.45. The van der Waals surface area contributed by atoms with Crippen LogP contribution in [0.2, 0.25) is 0 Å². The molecule has 0 aromatic carbocycles. The van der Waals surface area contributed by atoms with Gasteiger partial charge in [0.25, 0.3) is 0 Å². The summed E-state index contributed by atoms with van der Waals surface area (Å²) in [5.41, 5.74) is -0.502. The van der Waals surface area contributed by atoms with E-state index in [0.29, 0.717) is 19.4 Å². The zero-order chi connectivity index (χ0) is 7.61. The Labute approximate surface area is 60.6 Å². The zero-order valence-corrected chi connectivity index (χ0v) is 6.21. The van der Waals surface area contributed by atoms with Gasteiger partial charge in [0.1, 0.15) is 0 Å². The first-order chi connectivity index (χ1) is 4.66. The lowest BCUT2D eigenvalue weighted by Crippen LogP contribution is -2.42. The van der Waals surface area contributed by atoms with Crippen LogP contribution in [0.3, 0.4) is 0 Å². The summed E-state index contributed by atoms with van der Waals surface area (Å²) in [4.78, 5) is 0. The van der Waals surface area contributed by atoms with E-state index in [-0.39, 0.29) is 12.7 Å². The molecule has 0 aliphatic carbocycles. The third-order valence-electron chi connectivity index (χ3n) is 1.90. The van der Waals surface area contributed by atoms with Gasteiger partial charge in [-0.25, -0.2) is 0 Å². The van der Waals surface area contributed by atoms with Gasteiger partial charge in [-0.05, 0) is 13.3 Å². The highest BCUT2D eigenvalue weighted by atomic mass is 16.5. The van der Waals surface area contributed by atoms with Crippen molar-refractivity contribution in [3.05, 3.63) is 0 Å². The van der Waals surface area contributed by atoms with Crippen molar-refractivity contribution < 1.29 is 14.9 Å². The fraction of sp³-hybridized carbons (Fsp3) is 1.00. The van der Waals surface area contributed by atoms with Gasteiger partial charge in [-0.2, -0.15) is 0 Å². The van der Waals surface area contributed by atoms with E-state index in [2.05, 4.69) is 0 Å². The Bertz CT molecular complexity index is 115. The molecule has 10 heavy (non-hydrogen) atoms. The molecule has 0 aromatic heterocycles. The third-order valence-corrected chi connectivity index (χ3v) is 1.90. The number of rotatable bonds is 1. The van der Waals surface area contributed by atoms with Crippen LogP contribution in [0.5, 0.6) is 0 Å². The SMILES string of the molecule is CC1(CO)C[C@H](O)CCO1. The van der Waals surface area contributed by atoms with Crippen LogP contribution in [0, 0.1) is 0 Å². The van der Waals surface area contributed by atoms with E-state index >= 15 is 0 Å². The molecular weight excluding hydrogens is 132 g/mol. The maximum Gasteiger partial charge on any atom is 0.0908 e. The van der Waals surface area contributed by atoms with Crippen LogP contribution in [-0.2, 0) is 4.74 Å². The normalized spacial score (nSPS) is 41.7. The van der Waals surface area contributed by atoms with Crippen LogP contribution in [0.25, 0.3) is 0 Å². The molecule has 0 saturated carbocycles. The summed E-state index contributed by atoms with van der Waals surface area (Å²) in [7, 11) is 0. The average molecular weight is 146 g/mol. The van der Waals surface area contributed by atoms with E-state index in [1.165, 1.54) is 0 Å². The Kier molecular flexibility index (Phi) is 2.28. The summed E-state index contributed by atoms with van der Waals surface area (Å²) in [6, 6.07) is 0. The highest BCUT2D eigenvalue weighted by Crippen LogP contribution is 2.23. The minimum atomic E-state index is -0.502. The van der Waals surface area contributed by atoms with Crippen LogP contribution in [0.15, 0.2) is 0 Å². The number of aliphatic hydroxyl groups is 2. The first kappa shape index (κ1) is 7.98. The molecule has 0 radical (unpaired) electrons. The molecule has 0 amide bonds. The summed E-state index contributed by atoms with van der Waals surface area (Å²) in [5, 5.41) is 18.0. The fourth-order valence-electron chi connectivity index (χ4n) is 1.21. The smallest absolute Gasteiger partial charge is 0.0908 e. The summed E-state index contributed by atoms with van der Waals surface area (Å²) in [6.07, 6.45) is 0.935. The van der Waals surface area contributed by atoms with Crippen molar-refractivity contribution in [2.24, 2.45) is 0 Å². The first-order valence-corrected chi connectivity index (χ1v) is 3.59. The minimum Gasteiger partial charge on any atom is -0.393 e. The molecule has 0 bridgehead atoms. The lowest BCUT2D eigenvalue weighted by atomic mass is 9.95. The number of ether oxygens (including phenoxy) is 1. The maximum atomic E-state index is 9.18. The Morgan fingerprint density at radius 3 is 2.80 bits per heavy atom. The summed E-state index contributed by atoms with van der Waals surface area (Å²) >= 11 is 0. The van der Waals surface area contributed by atoms with Gasteiger partial charge in [0.15, 0.2) is 0 Å². The molecule has 1 unspecified atom stereocenters. The second-order valence-electron chi connectivity index (χ2n) is 3.10.